The Labute approximate surface area is 97.6 Å². The van der Waals surface area contributed by atoms with Crippen molar-refractivity contribution in [2.45, 2.75) is 26.8 Å². The van der Waals surface area contributed by atoms with Crippen LogP contribution >= 0.6 is 11.6 Å². The van der Waals surface area contributed by atoms with E-state index in [-0.39, 0.29) is 18.4 Å². The van der Waals surface area contributed by atoms with E-state index in [0.29, 0.717) is 19.0 Å². The van der Waals surface area contributed by atoms with Gasteiger partial charge in [0.2, 0.25) is 10.0 Å². The second-order valence-corrected chi connectivity index (χ2v) is 5.83. The highest BCUT2D eigenvalue weighted by Gasteiger charge is 2.23. The van der Waals surface area contributed by atoms with Crippen LogP contribution in [0, 0.1) is 0 Å². The van der Waals surface area contributed by atoms with Crippen molar-refractivity contribution in [3.05, 3.63) is 0 Å². The Hall–Kier alpha value is 0.160. The van der Waals surface area contributed by atoms with Gasteiger partial charge in [0.15, 0.2) is 0 Å². The Balaban J connectivity index is 4.37. The maximum Gasteiger partial charge on any atom is 0.216 e. The largest absolute Gasteiger partial charge is 0.381 e. The van der Waals surface area contributed by atoms with E-state index in [9.17, 15) is 8.42 Å². The summed E-state index contributed by atoms with van der Waals surface area (Å²) >= 11 is 5.57. The van der Waals surface area contributed by atoms with Crippen molar-refractivity contribution in [3.8, 4) is 0 Å². The highest BCUT2D eigenvalue weighted by molar-refractivity contribution is 7.89. The predicted molar refractivity (Wildman–Crippen MR) is 62.8 cm³/mol. The number of hydrogen-bond donors (Lipinski definition) is 0. The molecule has 0 atom stereocenters. The summed E-state index contributed by atoms with van der Waals surface area (Å²) in [6, 6.07) is -0.0598. The number of alkyl halides is 1. The zero-order chi connectivity index (χ0) is 11.9. The summed E-state index contributed by atoms with van der Waals surface area (Å²) in [5, 5.41) is 0. The van der Waals surface area contributed by atoms with E-state index in [1.54, 1.807) is 0 Å². The molecule has 0 aliphatic rings. The molecule has 0 aromatic carbocycles. The van der Waals surface area contributed by atoms with E-state index in [0.717, 1.165) is 0 Å². The van der Waals surface area contributed by atoms with Gasteiger partial charge in [-0.25, -0.2) is 8.42 Å². The number of hydrogen-bond acceptors (Lipinski definition) is 3. The van der Waals surface area contributed by atoms with Crippen LogP contribution in [-0.2, 0) is 14.8 Å². The highest BCUT2D eigenvalue weighted by atomic mass is 35.5. The number of ether oxygens (including phenoxy) is 1. The van der Waals surface area contributed by atoms with E-state index < -0.39 is 10.0 Å². The van der Waals surface area contributed by atoms with Gasteiger partial charge >= 0.3 is 0 Å². The van der Waals surface area contributed by atoms with Gasteiger partial charge in [0, 0.05) is 25.1 Å². The SMILES string of the molecule is CCOCCS(=O)(=O)N(CCCl)C(C)C. The number of sulfonamides is 1. The first-order chi connectivity index (χ1) is 6.95. The van der Waals surface area contributed by atoms with Crippen molar-refractivity contribution in [2.24, 2.45) is 0 Å². The molecule has 92 valence electrons. The standard InChI is InChI=1S/C9H20ClNO3S/c1-4-14-7-8-15(12,13)11(6-5-10)9(2)3/h9H,4-8H2,1-3H3. The lowest BCUT2D eigenvalue weighted by Gasteiger charge is -2.24. The molecule has 0 saturated heterocycles. The van der Waals surface area contributed by atoms with Crippen LogP contribution in [0.5, 0.6) is 0 Å². The summed E-state index contributed by atoms with van der Waals surface area (Å²) in [6.45, 7) is 6.64. The van der Waals surface area contributed by atoms with Crippen molar-refractivity contribution in [2.75, 3.05) is 31.4 Å². The van der Waals surface area contributed by atoms with Gasteiger partial charge in [-0.05, 0) is 20.8 Å². The summed E-state index contributed by atoms with van der Waals surface area (Å²) in [4.78, 5) is 0. The molecule has 0 N–H and O–H groups in total. The topological polar surface area (TPSA) is 46.6 Å². The highest BCUT2D eigenvalue weighted by Crippen LogP contribution is 2.07. The van der Waals surface area contributed by atoms with Gasteiger partial charge in [-0.15, -0.1) is 11.6 Å². The van der Waals surface area contributed by atoms with Crippen molar-refractivity contribution in [3.63, 3.8) is 0 Å². The van der Waals surface area contributed by atoms with E-state index in [1.165, 1.54) is 4.31 Å². The van der Waals surface area contributed by atoms with Crippen molar-refractivity contribution in [1.82, 2.24) is 4.31 Å². The molecular formula is C9H20ClNO3S. The van der Waals surface area contributed by atoms with Gasteiger partial charge in [0.25, 0.3) is 0 Å². The Morgan fingerprint density at radius 3 is 2.40 bits per heavy atom. The lowest BCUT2D eigenvalue weighted by molar-refractivity contribution is 0.162. The second-order valence-electron chi connectivity index (χ2n) is 3.41. The second kappa shape index (κ2) is 7.44. The molecule has 0 fully saturated rings. The smallest absolute Gasteiger partial charge is 0.216 e. The van der Waals surface area contributed by atoms with Crippen molar-refractivity contribution in [1.29, 1.82) is 0 Å². The van der Waals surface area contributed by atoms with Crippen LogP contribution in [0.2, 0.25) is 0 Å². The van der Waals surface area contributed by atoms with Gasteiger partial charge in [-0.3, -0.25) is 0 Å². The monoisotopic (exact) mass is 257 g/mol. The summed E-state index contributed by atoms with van der Waals surface area (Å²) in [6.07, 6.45) is 0. The van der Waals surface area contributed by atoms with Crippen LogP contribution in [-0.4, -0.2) is 50.2 Å². The van der Waals surface area contributed by atoms with E-state index >= 15 is 0 Å². The Morgan fingerprint density at radius 1 is 1.40 bits per heavy atom. The normalized spacial score (nSPS) is 12.7. The van der Waals surface area contributed by atoms with Gasteiger partial charge < -0.3 is 4.74 Å². The van der Waals surface area contributed by atoms with Crippen LogP contribution in [0.4, 0.5) is 0 Å². The molecule has 0 rings (SSSR count). The molecule has 6 heteroatoms. The Bertz CT molecular complexity index is 254. The Morgan fingerprint density at radius 2 is 2.00 bits per heavy atom. The molecule has 0 amide bonds. The maximum atomic E-state index is 11.8. The van der Waals surface area contributed by atoms with Crippen LogP contribution in [0.15, 0.2) is 0 Å². The predicted octanol–water partition coefficient (Wildman–Crippen LogP) is 1.30. The zero-order valence-electron chi connectivity index (χ0n) is 9.57. The molecule has 0 aliphatic heterocycles. The number of nitrogens with zero attached hydrogens (tertiary/aromatic N) is 1. The van der Waals surface area contributed by atoms with Crippen LogP contribution in [0.3, 0.4) is 0 Å². The molecule has 0 bridgehead atoms. The molecular weight excluding hydrogens is 238 g/mol. The van der Waals surface area contributed by atoms with Crippen LogP contribution in [0.25, 0.3) is 0 Å². The first-order valence-corrected chi connectivity index (χ1v) is 7.23. The minimum atomic E-state index is -3.23. The van der Waals surface area contributed by atoms with E-state index in [4.69, 9.17) is 16.3 Å². The van der Waals surface area contributed by atoms with Gasteiger partial charge in [0.05, 0.1) is 12.4 Å². The lowest BCUT2D eigenvalue weighted by Crippen LogP contribution is -2.40. The van der Waals surface area contributed by atoms with Crippen molar-refractivity contribution >= 4 is 21.6 Å². The molecule has 0 aromatic rings. The molecule has 0 saturated carbocycles. The minimum Gasteiger partial charge on any atom is -0.381 e. The molecule has 0 aromatic heterocycles. The minimum absolute atomic E-state index is 0.0237. The van der Waals surface area contributed by atoms with Gasteiger partial charge in [-0.2, -0.15) is 4.31 Å². The average Bonchev–Trinajstić information content (AvgIpc) is 2.13. The molecule has 0 unspecified atom stereocenters. The molecule has 0 radical (unpaired) electrons. The fraction of sp³-hybridized carbons (Fsp3) is 1.00. The zero-order valence-corrected chi connectivity index (χ0v) is 11.1. The van der Waals surface area contributed by atoms with Gasteiger partial charge in [0.1, 0.15) is 0 Å². The lowest BCUT2D eigenvalue weighted by atomic mass is 10.4. The third-order valence-corrected chi connectivity index (χ3v) is 4.10. The molecule has 0 heterocycles. The van der Waals surface area contributed by atoms with E-state index in [1.807, 2.05) is 20.8 Å². The third-order valence-electron chi connectivity index (χ3n) is 1.93. The average molecular weight is 258 g/mol. The summed E-state index contributed by atoms with van der Waals surface area (Å²) in [5.74, 6) is 0.335. The van der Waals surface area contributed by atoms with Crippen molar-refractivity contribution < 1.29 is 13.2 Å². The van der Waals surface area contributed by atoms with E-state index in [2.05, 4.69) is 0 Å². The van der Waals surface area contributed by atoms with Crippen LogP contribution in [0.1, 0.15) is 20.8 Å². The Kier molecular flexibility index (Phi) is 7.52. The molecule has 15 heavy (non-hydrogen) atoms. The van der Waals surface area contributed by atoms with Gasteiger partial charge in [-0.1, -0.05) is 0 Å². The third kappa shape index (κ3) is 5.70. The number of rotatable bonds is 8. The first-order valence-electron chi connectivity index (χ1n) is 5.09. The molecule has 0 spiro atoms. The molecule has 0 aliphatic carbocycles. The first kappa shape index (κ1) is 15.2. The van der Waals surface area contributed by atoms with Crippen LogP contribution < -0.4 is 0 Å². The summed E-state index contributed by atoms with van der Waals surface area (Å²) in [5.41, 5.74) is 0. The number of halogens is 1. The summed E-state index contributed by atoms with van der Waals surface area (Å²) < 4.78 is 30.1. The fourth-order valence-electron chi connectivity index (χ4n) is 1.23. The summed E-state index contributed by atoms with van der Waals surface area (Å²) in [7, 11) is -3.23. The fourth-order valence-corrected chi connectivity index (χ4v) is 3.08. The molecule has 4 nitrogen and oxygen atoms in total. The maximum absolute atomic E-state index is 11.8. The quantitative estimate of drug-likeness (QED) is 0.487.